The summed E-state index contributed by atoms with van der Waals surface area (Å²) in [6, 6.07) is 12.8. The summed E-state index contributed by atoms with van der Waals surface area (Å²) in [6.07, 6.45) is -0.219. The lowest BCUT2D eigenvalue weighted by atomic mass is 9.97. The van der Waals surface area contributed by atoms with Gasteiger partial charge in [-0.1, -0.05) is 44.2 Å². The van der Waals surface area contributed by atoms with E-state index in [1.807, 2.05) is 12.1 Å². The number of benzene rings is 2. The van der Waals surface area contributed by atoms with Crippen molar-refractivity contribution in [2.45, 2.75) is 51.0 Å². The van der Waals surface area contributed by atoms with Gasteiger partial charge in [0, 0.05) is 18.3 Å². The molecule has 33 heavy (non-hydrogen) atoms. The number of carbonyl (C=O) groups is 3. The number of anilines is 1. The lowest BCUT2D eigenvalue weighted by Crippen LogP contribution is -2.37. The molecule has 0 heterocycles. The Morgan fingerprint density at radius 1 is 1.03 bits per heavy atom. The number of likely N-dealkylation sites (N-methyl/N-ethyl adjacent to an activating group) is 1. The smallest absolute Gasteiger partial charge is 0.322 e. The quantitative estimate of drug-likeness (QED) is 0.416. The lowest BCUT2D eigenvalue weighted by Gasteiger charge is -2.20. The Morgan fingerprint density at radius 2 is 1.64 bits per heavy atom. The Morgan fingerprint density at radius 3 is 2.21 bits per heavy atom. The van der Waals surface area contributed by atoms with Crippen LogP contribution in [0.25, 0.3) is 0 Å². The highest BCUT2D eigenvalue weighted by Crippen LogP contribution is 2.26. The van der Waals surface area contributed by atoms with Crippen molar-refractivity contribution >= 4 is 33.4 Å². The van der Waals surface area contributed by atoms with Crippen molar-refractivity contribution < 1.29 is 27.5 Å². The van der Waals surface area contributed by atoms with Crippen LogP contribution in [0.5, 0.6) is 0 Å². The standard InChI is InChI=1S/C24H30N2O6S/c1-6-16(2)21-9-7-8-10-22(21)25-24(29)18(4)32-23(28)15-26(5)33(30,31)20-13-11-19(12-14-20)17(3)27/h7-14,16,18H,6,15H2,1-5H3,(H,25,29). The summed E-state index contributed by atoms with van der Waals surface area (Å²) < 4.78 is 31.4. The van der Waals surface area contributed by atoms with E-state index >= 15 is 0 Å². The largest absolute Gasteiger partial charge is 0.452 e. The number of Topliss-reactive ketones (excluding diaryl/α,β-unsaturated/α-hetero) is 1. The Bertz CT molecular complexity index is 1110. The maximum Gasteiger partial charge on any atom is 0.322 e. The number of amides is 1. The van der Waals surface area contributed by atoms with Crippen molar-refractivity contribution in [3.63, 3.8) is 0 Å². The van der Waals surface area contributed by atoms with E-state index < -0.39 is 34.5 Å². The first-order valence-corrected chi connectivity index (χ1v) is 12.1. The zero-order chi connectivity index (χ0) is 24.8. The van der Waals surface area contributed by atoms with Crippen molar-refractivity contribution in [2.24, 2.45) is 0 Å². The molecule has 9 heteroatoms. The SMILES string of the molecule is CCC(C)c1ccccc1NC(=O)C(C)OC(=O)CN(C)S(=O)(=O)c1ccc(C(C)=O)cc1. The molecular weight excluding hydrogens is 444 g/mol. The molecule has 0 bridgehead atoms. The summed E-state index contributed by atoms with van der Waals surface area (Å²) >= 11 is 0. The molecule has 1 N–H and O–H groups in total. The summed E-state index contributed by atoms with van der Waals surface area (Å²) in [5.41, 5.74) is 2.01. The zero-order valence-corrected chi connectivity index (χ0v) is 20.3. The molecule has 0 aromatic heterocycles. The topological polar surface area (TPSA) is 110 Å². The number of nitrogens with one attached hydrogen (secondary N) is 1. The normalized spacial score (nSPS) is 13.3. The van der Waals surface area contributed by atoms with Gasteiger partial charge in [-0.25, -0.2) is 8.42 Å². The first-order valence-electron chi connectivity index (χ1n) is 10.6. The first kappa shape index (κ1) is 26.2. The second-order valence-corrected chi connectivity index (χ2v) is 9.90. The summed E-state index contributed by atoms with van der Waals surface area (Å²) in [6.45, 7) is 6.34. The third-order valence-electron chi connectivity index (χ3n) is 5.36. The minimum atomic E-state index is -3.98. The van der Waals surface area contributed by atoms with Crippen LogP contribution in [0.15, 0.2) is 53.4 Å². The van der Waals surface area contributed by atoms with Crippen LogP contribution in [0.1, 0.15) is 56.0 Å². The maximum absolute atomic E-state index is 12.7. The number of hydrogen-bond acceptors (Lipinski definition) is 6. The van der Waals surface area contributed by atoms with Crippen LogP contribution in [-0.2, 0) is 24.3 Å². The van der Waals surface area contributed by atoms with Crippen molar-refractivity contribution in [3.05, 3.63) is 59.7 Å². The highest BCUT2D eigenvalue weighted by Gasteiger charge is 2.26. The molecule has 0 aliphatic heterocycles. The third kappa shape index (κ3) is 6.72. The van der Waals surface area contributed by atoms with E-state index in [0.29, 0.717) is 11.3 Å². The maximum atomic E-state index is 12.7. The Balaban J connectivity index is 2.00. The van der Waals surface area contributed by atoms with Crippen molar-refractivity contribution in [1.29, 1.82) is 0 Å². The number of sulfonamides is 1. The van der Waals surface area contributed by atoms with Crippen molar-refractivity contribution in [3.8, 4) is 0 Å². The summed E-state index contributed by atoms with van der Waals surface area (Å²) in [5, 5.41) is 2.78. The molecule has 0 aliphatic carbocycles. The zero-order valence-electron chi connectivity index (χ0n) is 19.5. The van der Waals surface area contributed by atoms with Crippen LogP contribution in [-0.4, -0.2) is 50.1 Å². The van der Waals surface area contributed by atoms with E-state index in [1.165, 1.54) is 45.2 Å². The van der Waals surface area contributed by atoms with Gasteiger partial charge in [0.2, 0.25) is 10.0 Å². The molecule has 2 atom stereocenters. The van der Waals surface area contributed by atoms with E-state index in [1.54, 1.807) is 12.1 Å². The Kier molecular flexibility index (Phi) is 8.90. The van der Waals surface area contributed by atoms with Crippen molar-refractivity contribution in [1.82, 2.24) is 4.31 Å². The fourth-order valence-electron chi connectivity index (χ4n) is 3.09. The average Bonchev–Trinajstić information content (AvgIpc) is 2.78. The molecule has 178 valence electrons. The van der Waals surface area contributed by atoms with Gasteiger partial charge in [-0.2, -0.15) is 4.31 Å². The molecule has 2 aromatic carbocycles. The number of ketones is 1. The van der Waals surface area contributed by atoms with Gasteiger partial charge in [0.05, 0.1) is 4.90 Å². The van der Waals surface area contributed by atoms with Gasteiger partial charge in [0.25, 0.3) is 5.91 Å². The molecule has 0 spiro atoms. The Labute approximate surface area is 195 Å². The molecule has 2 aromatic rings. The summed E-state index contributed by atoms with van der Waals surface area (Å²) in [5.74, 6) is -1.32. The lowest BCUT2D eigenvalue weighted by molar-refractivity contribution is -0.153. The monoisotopic (exact) mass is 474 g/mol. The highest BCUT2D eigenvalue weighted by atomic mass is 32.2. The molecule has 0 radical (unpaired) electrons. The number of rotatable bonds is 10. The highest BCUT2D eigenvalue weighted by molar-refractivity contribution is 7.89. The van der Waals surface area contributed by atoms with E-state index in [2.05, 4.69) is 19.2 Å². The van der Waals surface area contributed by atoms with Gasteiger partial charge in [-0.05, 0) is 49.9 Å². The number of nitrogens with zero attached hydrogens (tertiary/aromatic N) is 1. The fourth-order valence-corrected chi connectivity index (χ4v) is 4.21. The van der Waals surface area contributed by atoms with Crippen LogP contribution in [0.3, 0.4) is 0 Å². The predicted octanol–water partition coefficient (Wildman–Crippen LogP) is 3.59. The van der Waals surface area contributed by atoms with E-state index in [-0.39, 0.29) is 16.6 Å². The van der Waals surface area contributed by atoms with Crippen LogP contribution in [0.2, 0.25) is 0 Å². The van der Waals surface area contributed by atoms with Gasteiger partial charge in [-0.15, -0.1) is 0 Å². The molecule has 0 saturated heterocycles. The van der Waals surface area contributed by atoms with Gasteiger partial charge in [-0.3, -0.25) is 14.4 Å². The number of carbonyl (C=O) groups excluding carboxylic acids is 3. The second-order valence-electron chi connectivity index (χ2n) is 7.86. The Hall–Kier alpha value is -3.04. The van der Waals surface area contributed by atoms with Gasteiger partial charge < -0.3 is 10.1 Å². The van der Waals surface area contributed by atoms with Crippen LogP contribution >= 0.6 is 0 Å². The first-order chi connectivity index (χ1) is 15.5. The van der Waals surface area contributed by atoms with Crippen molar-refractivity contribution in [2.75, 3.05) is 18.9 Å². The second kappa shape index (κ2) is 11.2. The third-order valence-corrected chi connectivity index (χ3v) is 7.18. The van der Waals surface area contributed by atoms with E-state index in [0.717, 1.165) is 16.3 Å². The van der Waals surface area contributed by atoms with E-state index in [4.69, 9.17) is 4.74 Å². The molecule has 0 fully saturated rings. The minimum Gasteiger partial charge on any atom is -0.452 e. The molecule has 2 unspecified atom stereocenters. The minimum absolute atomic E-state index is 0.0600. The van der Waals surface area contributed by atoms with Crippen LogP contribution < -0.4 is 5.32 Å². The van der Waals surface area contributed by atoms with E-state index in [9.17, 15) is 22.8 Å². The molecule has 8 nitrogen and oxygen atoms in total. The van der Waals surface area contributed by atoms with Crippen LogP contribution in [0.4, 0.5) is 5.69 Å². The van der Waals surface area contributed by atoms with Gasteiger partial charge in [0.15, 0.2) is 11.9 Å². The average molecular weight is 475 g/mol. The summed E-state index contributed by atoms with van der Waals surface area (Å²) in [4.78, 5) is 36.2. The number of para-hydroxylation sites is 1. The molecule has 2 rings (SSSR count). The molecule has 0 aliphatic rings. The number of hydrogen-bond donors (Lipinski definition) is 1. The van der Waals surface area contributed by atoms with Gasteiger partial charge in [0.1, 0.15) is 6.54 Å². The molecule has 1 amide bonds. The number of ether oxygens (including phenoxy) is 1. The van der Waals surface area contributed by atoms with Crippen LogP contribution in [0, 0.1) is 0 Å². The molecular formula is C24H30N2O6S. The fraction of sp³-hybridized carbons (Fsp3) is 0.375. The number of esters is 1. The molecule has 0 saturated carbocycles. The van der Waals surface area contributed by atoms with Gasteiger partial charge >= 0.3 is 5.97 Å². The summed E-state index contributed by atoms with van der Waals surface area (Å²) in [7, 11) is -2.74. The predicted molar refractivity (Wildman–Crippen MR) is 126 cm³/mol.